The number of rotatable bonds is 6. The Labute approximate surface area is 221 Å². The lowest BCUT2D eigenvalue weighted by molar-refractivity contribution is -0.118. The predicted octanol–water partition coefficient (Wildman–Crippen LogP) is 0.725. The number of carbonyl (C=O) groups is 2. The Morgan fingerprint density at radius 1 is 1.05 bits per heavy atom. The van der Waals surface area contributed by atoms with Crippen LogP contribution in [0.25, 0.3) is 11.2 Å². The van der Waals surface area contributed by atoms with E-state index in [1.165, 1.54) is 26.2 Å². The third kappa shape index (κ3) is 5.09. The highest BCUT2D eigenvalue weighted by molar-refractivity contribution is 7.90. The van der Waals surface area contributed by atoms with Crippen LogP contribution >= 0.6 is 0 Å². The van der Waals surface area contributed by atoms with Crippen molar-refractivity contribution < 1.29 is 22.4 Å². The lowest BCUT2D eigenvalue weighted by atomic mass is 10.1. The molecule has 204 valence electrons. The fraction of sp³-hybridized carbons (Fsp3) is 0.400. The van der Waals surface area contributed by atoms with Crippen molar-refractivity contribution in [1.82, 2.24) is 18.7 Å². The van der Waals surface area contributed by atoms with Gasteiger partial charge < -0.3 is 15.2 Å². The maximum Gasteiger partial charge on any atom is 0.333 e. The van der Waals surface area contributed by atoms with Gasteiger partial charge in [0.15, 0.2) is 17.0 Å². The first-order chi connectivity index (χ1) is 18.4. The third-order valence-electron chi connectivity index (χ3n) is 6.60. The molecule has 0 bridgehead atoms. The Balaban J connectivity index is 1.55. The molecule has 2 N–H and O–H groups in total. The molecule has 0 saturated heterocycles. The van der Waals surface area contributed by atoms with E-state index in [0.717, 1.165) is 45.6 Å². The average molecular weight is 557 g/mol. The zero-order chi connectivity index (χ0) is 28.2. The van der Waals surface area contributed by atoms with Crippen LogP contribution in [0.5, 0.6) is 0 Å². The summed E-state index contributed by atoms with van der Waals surface area (Å²) in [4.78, 5) is 54.2. The van der Waals surface area contributed by atoms with Gasteiger partial charge in [0.2, 0.25) is 26.8 Å². The number of nitrogens with one attached hydrogen (secondary N) is 2. The first-order valence-electron chi connectivity index (χ1n) is 12.2. The molecule has 12 nitrogen and oxygen atoms in total. The Morgan fingerprint density at radius 3 is 2.26 bits per heavy atom. The van der Waals surface area contributed by atoms with Crippen molar-refractivity contribution in [3.05, 3.63) is 44.4 Å². The molecule has 2 heterocycles. The van der Waals surface area contributed by atoms with Gasteiger partial charge >= 0.3 is 5.69 Å². The Hall–Kier alpha value is -4.25. The SMILES string of the molecule is Cn1c(=O)c2c(nc(S(C)(=O)=O)n2C)n(CC#Cc2cc(NC(=O)C3CC3)cc(NC(=O)C3CC3)c2F)c1=O. The highest BCUT2D eigenvalue weighted by Gasteiger charge is 2.32. The maximum atomic E-state index is 15.3. The largest absolute Gasteiger partial charge is 0.333 e. The summed E-state index contributed by atoms with van der Waals surface area (Å²) in [6.07, 6.45) is 3.90. The van der Waals surface area contributed by atoms with Crippen LogP contribution in [0.1, 0.15) is 31.2 Å². The molecule has 1 aromatic carbocycles. The van der Waals surface area contributed by atoms with E-state index in [2.05, 4.69) is 27.5 Å². The number of nitrogens with zero attached hydrogens (tertiary/aromatic N) is 4. The second-order valence-corrected chi connectivity index (χ2v) is 11.8. The van der Waals surface area contributed by atoms with Crippen molar-refractivity contribution in [1.29, 1.82) is 0 Å². The second-order valence-electron chi connectivity index (χ2n) is 9.84. The number of aryl methyl sites for hydroxylation is 1. The van der Waals surface area contributed by atoms with Gasteiger partial charge in [0.25, 0.3) is 5.56 Å². The lowest BCUT2D eigenvalue weighted by Gasteiger charge is -2.11. The molecular formula is C25H25FN6O6S. The fourth-order valence-corrected chi connectivity index (χ4v) is 4.99. The zero-order valence-electron chi connectivity index (χ0n) is 21.4. The van der Waals surface area contributed by atoms with Crippen LogP contribution in [0.2, 0.25) is 0 Å². The van der Waals surface area contributed by atoms with Crippen molar-refractivity contribution in [3.63, 3.8) is 0 Å². The number of anilines is 2. The van der Waals surface area contributed by atoms with Gasteiger partial charge in [0, 0.05) is 37.9 Å². The predicted molar refractivity (Wildman–Crippen MR) is 139 cm³/mol. The van der Waals surface area contributed by atoms with Gasteiger partial charge in [-0.1, -0.05) is 11.8 Å². The highest BCUT2D eigenvalue weighted by atomic mass is 32.2. The molecule has 2 aromatic heterocycles. The molecular weight excluding hydrogens is 531 g/mol. The minimum atomic E-state index is -3.82. The van der Waals surface area contributed by atoms with E-state index in [-0.39, 0.29) is 58.3 Å². The minimum Gasteiger partial charge on any atom is -0.326 e. The summed E-state index contributed by atoms with van der Waals surface area (Å²) in [7, 11) is -1.24. The second kappa shape index (κ2) is 9.49. The molecule has 0 radical (unpaired) electrons. The van der Waals surface area contributed by atoms with Crippen LogP contribution in [0.3, 0.4) is 0 Å². The summed E-state index contributed by atoms with van der Waals surface area (Å²) in [6, 6.07) is 2.67. The van der Waals surface area contributed by atoms with Crippen LogP contribution < -0.4 is 21.9 Å². The van der Waals surface area contributed by atoms with Crippen molar-refractivity contribution in [2.45, 2.75) is 37.4 Å². The van der Waals surface area contributed by atoms with Gasteiger partial charge in [-0.15, -0.1) is 0 Å². The zero-order valence-corrected chi connectivity index (χ0v) is 22.2. The number of amides is 2. The third-order valence-corrected chi connectivity index (χ3v) is 7.63. The summed E-state index contributed by atoms with van der Waals surface area (Å²) in [5.74, 6) is 3.66. The molecule has 3 aromatic rings. The van der Waals surface area contributed by atoms with Gasteiger partial charge in [-0.2, -0.15) is 4.98 Å². The molecule has 0 aliphatic heterocycles. The number of imidazole rings is 1. The van der Waals surface area contributed by atoms with E-state index in [1.807, 2.05) is 0 Å². The summed E-state index contributed by atoms with van der Waals surface area (Å²) in [5.41, 5.74) is -1.82. The average Bonchev–Trinajstić information content (AvgIpc) is 3.78. The van der Waals surface area contributed by atoms with Crippen LogP contribution in [0.15, 0.2) is 26.9 Å². The van der Waals surface area contributed by atoms with E-state index >= 15 is 4.39 Å². The molecule has 0 spiro atoms. The Morgan fingerprint density at radius 2 is 1.67 bits per heavy atom. The molecule has 2 amide bonds. The Bertz CT molecular complexity index is 1850. The summed E-state index contributed by atoms with van der Waals surface area (Å²) >= 11 is 0. The summed E-state index contributed by atoms with van der Waals surface area (Å²) in [6.45, 7) is -0.356. The highest BCUT2D eigenvalue weighted by Crippen LogP contribution is 2.33. The van der Waals surface area contributed by atoms with E-state index in [0.29, 0.717) is 0 Å². The monoisotopic (exact) mass is 556 g/mol. The molecule has 5 rings (SSSR count). The summed E-state index contributed by atoms with van der Waals surface area (Å²) in [5, 5.41) is 4.87. The van der Waals surface area contributed by atoms with Crippen molar-refractivity contribution in [2.75, 3.05) is 16.9 Å². The number of benzene rings is 1. The first kappa shape index (κ1) is 26.4. The van der Waals surface area contributed by atoms with E-state index < -0.39 is 32.1 Å². The van der Waals surface area contributed by atoms with Crippen LogP contribution in [0, 0.1) is 29.5 Å². The topological polar surface area (TPSA) is 154 Å². The number of carbonyl (C=O) groups excluding carboxylic acids is 2. The molecule has 14 heteroatoms. The van der Waals surface area contributed by atoms with Crippen molar-refractivity contribution >= 4 is 44.2 Å². The minimum absolute atomic E-state index is 0.108. The fourth-order valence-electron chi connectivity index (χ4n) is 4.15. The molecule has 0 atom stereocenters. The first-order valence-corrected chi connectivity index (χ1v) is 14.1. The number of aromatic nitrogens is 4. The number of hydrogen-bond donors (Lipinski definition) is 2. The van der Waals surface area contributed by atoms with E-state index in [9.17, 15) is 27.6 Å². The van der Waals surface area contributed by atoms with Crippen molar-refractivity contribution in [2.24, 2.45) is 25.9 Å². The van der Waals surface area contributed by atoms with Crippen LogP contribution in [-0.4, -0.2) is 45.2 Å². The molecule has 2 aliphatic carbocycles. The van der Waals surface area contributed by atoms with Gasteiger partial charge in [-0.05, 0) is 37.8 Å². The van der Waals surface area contributed by atoms with Crippen LogP contribution in [0.4, 0.5) is 15.8 Å². The molecule has 39 heavy (non-hydrogen) atoms. The number of hydrogen-bond acceptors (Lipinski definition) is 7. The number of sulfone groups is 1. The standard InChI is InChI=1S/C25H25FN6O6S/c1-30-19-20(29-24(30)39(3,37)38)32(25(36)31(2)23(19)35)10-4-5-15-11-16(27-21(33)13-6-7-13)12-17(18(15)26)28-22(34)14-8-9-14/h11-14H,6-10H2,1-3H3,(H,27,33)(H,28,34). The number of halogens is 1. The lowest BCUT2D eigenvalue weighted by Crippen LogP contribution is -2.38. The molecule has 2 aliphatic rings. The van der Waals surface area contributed by atoms with Gasteiger partial charge in [-0.3, -0.25) is 23.5 Å². The van der Waals surface area contributed by atoms with Crippen molar-refractivity contribution in [3.8, 4) is 11.8 Å². The molecule has 2 saturated carbocycles. The molecule has 2 fully saturated rings. The van der Waals surface area contributed by atoms with Crippen LogP contribution in [-0.2, 0) is 40.1 Å². The smallest absolute Gasteiger partial charge is 0.326 e. The van der Waals surface area contributed by atoms with E-state index in [4.69, 9.17) is 0 Å². The quantitative estimate of drug-likeness (QED) is 0.424. The maximum absolute atomic E-state index is 15.3. The van der Waals surface area contributed by atoms with Gasteiger partial charge in [0.05, 0.1) is 17.8 Å². The van der Waals surface area contributed by atoms with Gasteiger partial charge in [0.1, 0.15) is 0 Å². The van der Waals surface area contributed by atoms with E-state index in [1.54, 1.807) is 0 Å². The molecule has 0 unspecified atom stereocenters. The Kier molecular flexibility index (Phi) is 6.42. The number of fused-ring (bicyclic) bond motifs is 1. The van der Waals surface area contributed by atoms with Gasteiger partial charge in [-0.25, -0.2) is 17.6 Å². The normalized spacial score (nSPS) is 15.1. The summed E-state index contributed by atoms with van der Waals surface area (Å²) < 4.78 is 42.6.